The zero-order valence-corrected chi connectivity index (χ0v) is 10.3. The van der Waals surface area contributed by atoms with E-state index in [-0.39, 0.29) is 0 Å². The molecule has 106 valence electrons. The van der Waals surface area contributed by atoms with Crippen LogP contribution in [0.1, 0.15) is 33.6 Å². The predicted octanol–water partition coefficient (Wildman–Crippen LogP) is 2.31. The average Bonchev–Trinajstić information content (AvgIpc) is 2.06. The van der Waals surface area contributed by atoms with Gasteiger partial charge < -0.3 is 15.2 Å². The first-order chi connectivity index (χ1) is 7.92. The number of carbonyl (C=O) groups is 2. The zero-order chi connectivity index (χ0) is 14.6. The molecule has 0 spiro atoms. The van der Waals surface area contributed by atoms with E-state index in [0.29, 0.717) is 0 Å². The highest BCUT2D eigenvalue weighted by Gasteiger charge is 2.41. The molecule has 0 radical (unpaired) electrons. The molecule has 0 saturated carbocycles. The van der Waals surface area contributed by atoms with Crippen molar-refractivity contribution in [2.24, 2.45) is 0 Å². The van der Waals surface area contributed by atoms with Crippen LogP contribution in [0, 0.1) is 0 Å². The maximum atomic E-state index is 12.5. The second-order valence-corrected chi connectivity index (χ2v) is 4.67. The van der Waals surface area contributed by atoms with Crippen LogP contribution in [-0.2, 0) is 9.53 Å². The predicted molar refractivity (Wildman–Crippen MR) is 56.1 cm³/mol. The zero-order valence-electron chi connectivity index (χ0n) is 10.3. The van der Waals surface area contributed by atoms with E-state index < -0.39 is 42.7 Å². The van der Waals surface area contributed by atoms with Crippen molar-refractivity contribution < 1.29 is 32.6 Å². The number of aliphatic carboxylic acids is 1. The number of amides is 1. The van der Waals surface area contributed by atoms with E-state index in [1.165, 1.54) is 20.8 Å². The summed E-state index contributed by atoms with van der Waals surface area (Å²) in [5.41, 5.74) is -0.924. The summed E-state index contributed by atoms with van der Waals surface area (Å²) in [6.45, 7) is 4.52. The molecule has 0 aliphatic carbocycles. The molecule has 2 N–H and O–H groups in total. The molecule has 0 saturated heterocycles. The fraction of sp³-hybridized carbons (Fsp3) is 0.800. The van der Waals surface area contributed by atoms with Gasteiger partial charge in [0, 0.05) is 6.42 Å². The van der Waals surface area contributed by atoms with E-state index in [1.54, 1.807) is 5.32 Å². The molecule has 0 aromatic carbocycles. The van der Waals surface area contributed by atoms with Crippen LogP contribution in [0.5, 0.6) is 0 Å². The molecule has 0 heterocycles. The smallest absolute Gasteiger partial charge is 0.408 e. The Balaban J connectivity index is 4.51. The van der Waals surface area contributed by atoms with Gasteiger partial charge in [-0.25, -0.2) is 4.79 Å². The first kappa shape index (κ1) is 16.5. The van der Waals surface area contributed by atoms with E-state index in [2.05, 4.69) is 4.74 Å². The lowest BCUT2D eigenvalue weighted by Crippen LogP contribution is -2.47. The molecule has 1 amide bonds. The van der Waals surface area contributed by atoms with Crippen molar-refractivity contribution in [2.45, 2.75) is 51.4 Å². The molecule has 0 aliphatic rings. The third-order valence-electron chi connectivity index (χ3n) is 1.73. The van der Waals surface area contributed by atoms with Gasteiger partial charge in [0.2, 0.25) is 0 Å². The topological polar surface area (TPSA) is 75.6 Å². The second kappa shape index (κ2) is 5.92. The highest BCUT2D eigenvalue weighted by atomic mass is 19.4. The van der Waals surface area contributed by atoms with Crippen molar-refractivity contribution in [2.75, 3.05) is 0 Å². The summed E-state index contributed by atoms with van der Waals surface area (Å²) in [7, 11) is 0. The molecule has 1 atom stereocenters. The minimum atomic E-state index is -4.72. The summed E-state index contributed by atoms with van der Waals surface area (Å²) in [4.78, 5) is 21.4. The molecule has 0 fully saturated rings. The van der Waals surface area contributed by atoms with Gasteiger partial charge in [0.1, 0.15) is 11.6 Å². The van der Waals surface area contributed by atoms with Gasteiger partial charge in [0.15, 0.2) is 0 Å². The Morgan fingerprint density at radius 3 is 2.11 bits per heavy atom. The molecular weight excluding hydrogens is 255 g/mol. The number of hydrogen-bond acceptors (Lipinski definition) is 3. The van der Waals surface area contributed by atoms with Gasteiger partial charge in [-0.3, -0.25) is 4.79 Å². The summed E-state index contributed by atoms with van der Waals surface area (Å²) >= 11 is 0. The first-order valence-corrected chi connectivity index (χ1v) is 5.20. The molecule has 0 aromatic heterocycles. The van der Waals surface area contributed by atoms with Crippen molar-refractivity contribution in [1.82, 2.24) is 5.32 Å². The van der Waals surface area contributed by atoms with Gasteiger partial charge in [-0.15, -0.1) is 0 Å². The number of rotatable bonds is 4. The molecule has 0 aromatic rings. The van der Waals surface area contributed by atoms with Crippen molar-refractivity contribution in [3.63, 3.8) is 0 Å². The highest BCUT2D eigenvalue weighted by Crippen LogP contribution is 2.24. The van der Waals surface area contributed by atoms with Crippen LogP contribution >= 0.6 is 0 Å². The molecule has 0 aliphatic heterocycles. The van der Waals surface area contributed by atoms with Gasteiger partial charge in [-0.05, 0) is 27.2 Å². The standard InChI is InChI=1S/C10H16F3NO4/c1-9(2,3)18-8(17)14-6(10(11,12)13)4-5-7(15)16/h6H,4-5H2,1-3H3,(H,14,17)(H,15,16). The van der Waals surface area contributed by atoms with Gasteiger partial charge in [0.05, 0.1) is 0 Å². The SMILES string of the molecule is CC(C)(C)OC(=O)NC(CCC(=O)O)C(F)(F)F. The van der Waals surface area contributed by atoms with Crippen LogP contribution in [0.25, 0.3) is 0 Å². The fourth-order valence-corrected chi connectivity index (χ4v) is 1.04. The van der Waals surface area contributed by atoms with E-state index in [4.69, 9.17) is 5.11 Å². The number of alkyl halides is 3. The average molecular weight is 271 g/mol. The Bertz CT molecular complexity index is 309. The summed E-state index contributed by atoms with van der Waals surface area (Å²) < 4.78 is 42.2. The maximum absolute atomic E-state index is 12.5. The summed E-state index contributed by atoms with van der Waals surface area (Å²) in [6, 6.07) is -2.23. The minimum absolute atomic E-state index is 0.694. The van der Waals surface area contributed by atoms with E-state index in [1.807, 2.05) is 0 Å². The second-order valence-electron chi connectivity index (χ2n) is 4.67. The molecule has 1 unspecified atom stereocenters. The lowest BCUT2D eigenvalue weighted by Gasteiger charge is -2.24. The van der Waals surface area contributed by atoms with Crippen molar-refractivity contribution in [3.05, 3.63) is 0 Å². The molecule has 5 nitrogen and oxygen atoms in total. The Kier molecular flexibility index (Phi) is 5.44. The molecule has 8 heteroatoms. The lowest BCUT2D eigenvalue weighted by molar-refractivity contribution is -0.158. The normalized spacial score (nSPS) is 13.9. The van der Waals surface area contributed by atoms with Crippen molar-refractivity contribution in [3.8, 4) is 0 Å². The summed E-state index contributed by atoms with van der Waals surface area (Å²) in [5.74, 6) is -1.37. The largest absolute Gasteiger partial charge is 0.481 e. The maximum Gasteiger partial charge on any atom is 0.408 e. The molecule has 0 rings (SSSR count). The number of hydrogen-bond donors (Lipinski definition) is 2. The quantitative estimate of drug-likeness (QED) is 0.822. The fourth-order valence-electron chi connectivity index (χ4n) is 1.04. The number of carbonyl (C=O) groups excluding carboxylic acids is 1. The number of nitrogens with one attached hydrogen (secondary N) is 1. The first-order valence-electron chi connectivity index (χ1n) is 5.20. The number of carboxylic acid groups (broad SMARTS) is 1. The lowest BCUT2D eigenvalue weighted by atomic mass is 10.1. The van der Waals surface area contributed by atoms with Crippen LogP contribution in [0.2, 0.25) is 0 Å². The number of halogens is 3. The molecular formula is C10H16F3NO4. The number of alkyl carbamates (subject to hydrolysis) is 1. The molecule has 18 heavy (non-hydrogen) atoms. The van der Waals surface area contributed by atoms with Crippen LogP contribution in [0.3, 0.4) is 0 Å². The van der Waals surface area contributed by atoms with Gasteiger partial charge in [-0.2, -0.15) is 13.2 Å². The van der Waals surface area contributed by atoms with Gasteiger partial charge in [0.25, 0.3) is 0 Å². The summed E-state index contributed by atoms with van der Waals surface area (Å²) in [6.07, 6.45) is -7.38. The van der Waals surface area contributed by atoms with E-state index in [9.17, 15) is 22.8 Å². The van der Waals surface area contributed by atoms with Gasteiger partial charge >= 0.3 is 18.2 Å². The number of ether oxygens (including phenoxy) is 1. The Morgan fingerprint density at radius 2 is 1.78 bits per heavy atom. The monoisotopic (exact) mass is 271 g/mol. The van der Waals surface area contributed by atoms with E-state index >= 15 is 0 Å². The molecule has 0 bridgehead atoms. The van der Waals surface area contributed by atoms with Crippen molar-refractivity contribution >= 4 is 12.1 Å². The summed E-state index contributed by atoms with van der Waals surface area (Å²) in [5, 5.41) is 9.96. The van der Waals surface area contributed by atoms with E-state index in [0.717, 1.165) is 0 Å². The minimum Gasteiger partial charge on any atom is -0.481 e. The van der Waals surface area contributed by atoms with Gasteiger partial charge in [-0.1, -0.05) is 0 Å². The van der Waals surface area contributed by atoms with Crippen molar-refractivity contribution in [1.29, 1.82) is 0 Å². The third-order valence-corrected chi connectivity index (χ3v) is 1.73. The number of carboxylic acids is 1. The van der Waals surface area contributed by atoms with Crippen LogP contribution in [-0.4, -0.2) is 35.0 Å². The van der Waals surface area contributed by atoms with Crippen LogP contribution < -0.4 is 5.32 Å². The Hall–Kier alpha value is -1.47. The van der Waals surface area contributed by atoms with Crippen LogP contribution in [0.4, 0.5) is 18.0 Å². The highest BCUT2D eigenvalue weighted by molar-refractivity contribution is 5.69. The third kappa shape index (κ3) is 7.75. The van der Waals surface area contributed by atoms with Crippen LogP contribution in [0.15, 0.2) is 0 Å². The Morgan fingerprint density at radius 1 is 1.28 bits per heavy atom. The Labute approximate surface area is 102 Å².